The van der Waals surface area contributed by atoms with E-state index in [4.69, 9.17) is 0 Å². The number of rotatable bonds is 2. The van der Waals surface area contributed by atoms with Gasteiger partial charge in [0.25, 0.3) is 5.91 Å². The van der Waals surface area contributed by atoms with Gasteiger partial charge in [-0.15, -0.1) is 0 Å². The second-order valence-corrected chi connectivity index (χ2v) is 6.78. The van der Waals surface area contributed by atoms with Crippen molar-refractivity contribution in [3.05, 3.63) is 23.9 Å². The van der Waals surface area contributed by atoms with E-state index in [1.807, 2.05) is 6.07 Å². The molecule has 122 valence electrons. The molecule has 2 fully saturated rings. The highest BCUT2D eigenvalue weighted by Crippen LogP contribution is 2.28. The van der Waals surface area contributed by atoms with E-state index in [0.29, 0.717) is 28.7 Å². The molecule has 23 heavy (non-hydrogen) atoms. The first kappa shape index (κ1) is 14.5. The number of phenolic OH excluding ortho intramolecular Hbond substituents is 1. The molecule has 6 nitrogen and oxygen atoms in total. The average molecular weight is 314 g/mol. The van der Waals surface area contributed by atoms with Gasteiger partial charge in [0.2, 0.25) is 0 Å². The molecule has 2 aliphatic heterocycles. The van der Waals surface area contributed by atoms with E-state index in [2.05, 4.69) is 15.7 Å². The standard InChI is InChI=1S/C17H22N4O2/c1-21-16-13(6-3-7-14(16)22)15(20-21)17(23)19-12-8-10-4-2-5-11(9-12)18-10/h3,6-7,10-12,18,22H,2,4-5,8-9H2,1H3,(H,19,23). The Labute approximate surface area is 134 Å². The molecule has 1 aromatic carbocycles. The molecule has 2 atom stereocenters. The molecule has 1 aromatic heterocycles. The Morgan fingerprint density at radius 1 is 1.35 bits per heavy atom. The lowest BCUT2D eigenvalue weighted by atomic mass is 9.84. The Kier molecular flexibility index (Phi) is 3.49. The maximum absolute atomic E-state index is 12.7. The van der Waals surface area contributed by atoms with Gasteiger partial charge >= 0.3 is 0 Å². The zero-order valence-electron chi connectivity index (χ0n) is 13.2. The number of nitrogens with zero attached hydrogens (tertiary/aromatic N) is 2. The molecule has 2 aliphatic rings. The van der Waals surface area contributed by atoms with Gasteiger partial charge in [-0.05, 0) is 31.7 Å². The number of amides is 1. The quantitative estimate of drug-likeness (QED) is 0.788. The summed E-state index contributed by atoms with van der Waals surface area (Å²) in [6.07, 6.45) is 5.65. The van der Waals surface area contributed by atoms with Gasteiger partial charge in [-0.2, -0.15) is 5.10 Å². The average Bonchev–Trinajstić information content (AvgIpc) is 2.85. The van der Waals surface area contributed by atoms with Gasteiger partial charge in [0, 0.05) is 30.6 Å². The van der Waals surface area contributed by atoms with Gasteiger partial charge < -0.3 is 15.7 Å². The van der Waals surface area contributed by atoms with E-state index < -0.39 is 0 Å². The number of carbonyl (C=O) groups excluding carboxylic acids is 1. The molecule has 2 aromatic rings. The summed E-state index contributed by atoms with van der Waals surface area (Å²) < 4.78 is 1.57. The fourth-order valence-electron chi connectivity index (χ4n) is 4.12. The van der Waals surface area contributed by atoms with Crippen LogP contribution in [0.15, 0.2) is 18.2 Å². The molecule has 1 amide bonds. The van der Waals surface area contributed by atoms with Crippen LogP contribution in [0.1, 0.15) is 42.6 Å². The molecular weight excluding hydrogens is 292 g/mol. The highest BCUT2D eigenvalue weighted by Gasteiger charge is 2.32. The van der Waals surface area contributed by atoms with Crippen molar-refractivity contribution in [2.75, 3.05) is 0 Å². The first-order valence-corrected chi connectivity index (χ1v) is 8.33. The summed E-state index contributed by atoms with van der Waals surface area (Å²) in [5.74, 6) is -0.000813. The molecule has 6 heteroatoms. The topological polar surface area (TPSA) is 79.2 Å². The maximum Gasteiger partial charge on any atom is 0.272 e. The Hall–Kier alpha value is -2.08. The van der Waals surface area contributed by atoms with Crippen molar-refractivity contribution in [2.24, 2.45) is 7.05 Å². The summed E-state index contributed by atoms with van der Waals surface area (Å²) in [5.41, 5.74) is 0.988. The number of para-hydroxylation sites is 1. The largest absolute Gasteiger partial charge is 0.506 e. The molecule has 4 rings (SSSR count). The Balaban J connectivity index is 1.57. The Morgan fingerprint density at radius 2 is 2.09 bits per heavy atom. The number of piperidine rings is 2. The van der Waals surface area contributed by atoms with Crippen LogP contribution in [0.3, 0.4) is 0 Å². The van der Waals surface area contributed by atoms with Gasteiger partial charge in [0.1, 0.15) is 11.3 Å². The van der Waals surface area contributed by atoms with E-state index in [1.54, 1.807) is 23.9 Å². The van der Waals surface area contributed by atoms with E-state index in [-0.39, 0.29) is 17.7 Å². The summed E-state index contributed by atoms with van der Waals surface area (Å²) >= 11 is 0. The molecule has 0 saturated carbocycles. The number of aryl methyl sites for hydroxylation is 1. The lowest BCUT2D eigenvalue weighted by Crippen LogP contribution is -2.54. The first-order chi connectivity index (χ1) is 11.1. The number of benzene rings is 1. The van der Waals surface area contributed by atoms with E-state index >= 15 is 0 Å². The zero-order valence-corrected chi connectivity index (χ0v) is 13.2. The van der Waals surface area contributed by atoms with Crippen molar-refractivity contribution >= 4 is 16.8 Å². The number of aromatic hydroxyl groups is 1. The predicted octanol–water partition coefficient (Wildman–Crippen LogP) is 1.68. The minimum absolute atomic E-state index is 0.146. The van der Waals surface area contributed by atoms with Gasteiger partial charge in [-0.3, -0.25) is 9.48 Å². The van der Waals surface area contributed by atoms with Crippen molar-refractivity contribution < 1.29 is 9.90 Å². The van der Waals surface area contributed by atoms with Gasteiger partial charge in [0.05, 0.1) is 0 Å². The summed E-state index contributed by atoms with van der Waals surface area (Å²) in [4.78, 5) is 12.7. The van der Waals surface area contributed by atoms with Crippen LogP contribution in [-0.2, 0) is 7.05 Å². The van der Waals surface area contributed by atoms with Crippen LogP contribution >= 0.6 is 0 Å². The van der Waals surface area contributed by atoms with Crippen molar-refractivity contribution in [3.63, 3.8) is 0 Å². The number of carbonyl (C=O) groups is 1. The summed E-state index contributed by atoms with van der Waals surface area (Å²) in [5, 5.41) is 21.8. The van der Waals surface area contributed by atoms with Crippen LogP contribution in [-0.4, -0.2) is 38.9 Å². The normalized spacial score (nSPS) is 27.1. The molecule has 3 heterocycles. The molecule has 3 N–H and O–H groups in total. The lowest BCUT2D eigenvalue weighted by molar-refractivity contribution is 0.0903. The minimum Gasteiger partial charge on any atom is -0.506 e. The third-order valence-electron chi connectivity index (χ3n) is 5.11. The molecular formula is C17H22N4O2. The van der Waals surface area contributed by atoms with Crippen molar-refractivity contribution in [1.29, 1.82) is 0 Å². The van der Waals surface area contributed by atoms with Gasteiger partial charge in [-0.25, -0.2) is 0 Å². The Morgan fingerprint density at radius 3 is 2.83 bits per heavy atom. The second kappa shape index (κ2) is 5.53. The van der Waals surface area contributed by atoms with E-state index in [0.717, 1.165) is 12.8 Å². The SMILES string of the molecule is Cn1nc(C(=O)NC2CC3CCCC(C2)N3)c2cccc(O)c21. The van der Waals surface area contributed by atoms with Crippen LogP contribution in [0.2, 0.25) is 0 Å². The number of phenols is 1. The van der Waals surface area contributed by atoms with E-state index in [9.17, 15) is 9.90 Å². The highest BCUT2D eigenvalue weighted by molar-refractivity contribution is 6.06. The van der Waals surface area contributed by atoms with Crippen LogP contribution < -0.4 is 10.6 Å². The Bertz CT molecular complexity index is 742. The monoisotopic (exact) mass is 314 g/mol. The fraction of sp³-hybridized carbons (Fsp3) is 0.529. The van der Waals surface area contributed by atoms with Crippen LogP contribution in [0.5, 0.6) is 5.75 Å². The molecule has 0 aliphatic carbocycles. The van der Waals surface area contributed by atoms with Gasteiger partial charge in [0.15, 0.2) is 5.69 Å². The molecule has 2 unspecified atom stereocenters. The molecule has 0 radical (unpaired) electrons. The lowest BCUT2D eigenvalue weighted by Gasteiger charge is -2.40. The zero-order chi connectivity index (χ0) is 16.0. The number of hydrogen-bond acceptors (Lipinski definition) is 4. The summed E-state index contributed by atoms with van der Waals surface area (Å²) in [7, 11) is 1.74. The van der Waals surface area contributed by atoms with Crippen molar-refractivity contribution in [3.8, 4) is 5.75 Å². The summed E-state index contributed by atoms with van der Waals surface area (Å²) in [6.45, 7) is 0. The first-order valence-electron chi connectivity index (χ1n) is 8.33. The van der Waals surface area contributed by atoms with Crippen molar-refractivity contribution in [1.82, 2.24) is 20.4 Å². The third kappa shape index (κ3) is 2.57. The van der Waals surface area contributed by atoms with Crippen molar-refractivity contribution in [2.45, 2.75) is 50.2 Å². The number of fused-ring (bicyclic) bond motifs is 3. The number of hydrogen-bond donors (Lipinski definition) is 3. The number of nitrogens with one attached hydrogen (secondary N) is 2. The fourth-order valence-corrected chi connectivity index (χ4v) is 4.12. The summed E-state index contributed by atoms with van der Waals surface area (Å²) in [6, 6.07) is 6.43. The van der Waals surface area contributed by atoms with Crippen LogP contribution in [0.25, 0.3) is 10.9 Å². The number of aromatic nitrogens is 2. The highest BCUT2D eigenvalue weighted by atomic mass is 16.3. The second-order valence-electron chi connectivity index (χ2n) is 6.78. The van der Waals surface area contributed by atoms with Crippen LogP contribution in [0.4, 0.5) is 0 Å². The predicted molar refractivity (Wildman–Crippen MR) is 87.4 cm³/mol. The van der Waals surface area contributed by atoms with Crippen LogP contribution in [0, 0.1) is 0 Å². The molecule has 2 saturated heterocycles. The van der Waals surface area contributed by atoms with E-state index in [1.165, 1.54) is 19.3 Å². The minimum atomic E-state index is -0.147. The molecule has 2 bridgehead atoms. The molecule has 0 spiro atoms. The smallest absolute Gasteiger partial charge is 0.272 e. The maximum atomic E-state index is 12.7. The van der Waals surface area contributed by atoms with Gasteiger partial charge in [-0.1, -0.05) is 18.6 Å². The third-order valence-corrected chi connectivity index (χ3v) is 5.11.